The number of pyridine rings is 1. The maximum Gasteiger partial charge on any atom is 0.340 e. The molecular weight excluding hydrogens is 318 g/mol. The number of nitrogens with zero attached hydrogens (tertiary/aromatic N) is 1. The lowest BCUT2D eigenvalue weighted by molar-refractivity contribution is 0.0529. The van der Waals surface area contributed by atoms with Gasteiger partial charge in [-0.2, -0.15) is 0 Å². The number of benzene rings is 1. The molecule has 2 aromatic heterocycles. The molecule has 0 saturated carbocycles. The number of ether oxygens (including phenoxy) is 1. The number of hydrogen-bond acceptors (Lipinski definition) is 3. The van der Waals surface area contributed by atoms with E-state index in [2.05, 4.69) is 35.6 Å². The van der Waals surface area contributed by atoms with Gasteiger partial charge in [-0.3, -0.25) is 0 Å². The fourth-order valence-electron chi connectivity index (χ4n) is 2.90. The molecule has 0 fully saturated rings. The second-order valence-corrected chi connectivity index (χ2v) is 6.79. The van der Waals surface area contributed by atoms with Crippen molar-refractivity contribution < 1.29 is 9.53 Å². The lowest BCUT2D eigenvalue weighted by Gasteiger charge is -2.16. The predicted octanol–water partition coefficient (Wildman–Crippen LogP) is 4.96. The third-order valence-electron chi connectivity index (χ3n) is 3.91. The summed E-state index contributed by atoms with van der Waals surface area (Å²) in [4.78, 5) is 12.3. The minimum atomic E-state index is -0.263. The highest BCUT2D eigenvalue weighted by Gasteiger charge is 2.22. The van der Waals surface area contributed by atoms with Crippen LogP contribution in [0.1, 0.15) is 40.7 Å². The van der Waals surface area contributed by atoms with Crippen LogP contribution in [-0.2, 0) is 4.74 Å². The van der Waals surface area contributed by atoms with E-state index in [0.717, 1.165) is 17.0 Å². The molecule has 24 heavy (non-hydrogen) atoms. The minimum absolute atomic E-state index is 0.175. The Morgan fingerprint density at radius 3 is 2.58 bits per heavy atom. The number of hydrogen-bond donors (Lipinski definition) is 0. The molecule has 3 nitrogen and oxygen atoms in total. The maximum absolute atomic E-state index is 12.3. The molecule has 0 aliphatic rings. The molecule has 1 atom stereocenters. The molecule has 0 bridgehead atoms. The molecule has 0 aliphatic heterocycles. The van der Waals surface area contributed by atoms with E-state index in [1.54, 1.807) is 0 Å². The molecule has 1 aromatic carbocycles. The van der Waals surface area contributed by atoms with Crippen LogP contribution in [0.5, 0.6) is 0 Å². The minimum Gasteiger partial charge on any atom is -0.462 e. The molecule has 0 saturated heterocycles. The van der Waals surface area contributed by atoms with Crippen molar-refractivity contribution in [2.45, 2.75) is 19.1 Å². The normalized spacial score (nSPS) is 12.2. The van der Waals surface area contributed by atoms with E-state index in [-0.39, 0.29) is 11.2 Å². The summed E-state index contributed by atoms with van der Waals surface area (Å²) >= 11 is 1.86. The first-order chi connectivity index (χ1) is 11.8. The van der Waals surface area contributed by atoms with Gasteiger partial charge in [0.15, 0.2) is 0 Å². The number of fused-ring (bicyclic) bond motifs is 1. The summed E-state index contributed by atoms with van der Waals surface area (Å²) in [7, 11) is 0. The van der Waals surface area contributed by atoms with E-state index in [4.69, 9.17) is 4.74 Å². The Bertz CT molecular complexity index is 826. The van der Waals surface area contributed by atoms with Crippen LogP contribution in [-0.4, -0.2) is 22.7 Å². The van der Waals surface area contributed by atoms with Crippen LogP contribution in [0.2, 0.25) is 0 Å². The van der Waals surface area contributed by atoms with E-state index in [9.17, 15) is 4.79 Å². The van der Waals surface area contributed by atoms with Crippen LogP contribution in [0.25, 0.3) is 5.52 Å². The van der Waals surface area contributed by atoms with Gasteiger partial charge in [-0.05, 0) is 36.4 Å². The Morgan fingerprint density at radius 1 is 1.12 bits per heavy atom. The highest BCUT2D eigenvalue weighted by Crippen LogP contribution is 2.37. The van der Waals surface area contributed by atoms with Crippen LogP contribution in [0.3, 0.4) is 0 Å². The van der Waals surface area contributed by atoms with Gasteiger partial charge in [0.05, 0.1) is 22.9 Å². The van der Waals surface area contributed by atoms with Crippen molar-refractivity contribution in [1.82, 2.24) is 4.40 Å². The first-order valence-electron chi connectivity index (χ1n) is 8.19. The van der Waals surface area contributed by atoms with E-state index in [0.29, 0.717) is 12.2 Å². The second kappa shape index (κ2) is 7.58. The van der Waals surface area contributed by atoms with Crippen molar-refractivity contribution in [2.75, 3.05) is 12.4 Å². The lowest BCUT2D eigenvalue weighted by Crippen LogP contribution is -2.03. The predicted molar refractivity (Wildman–Crippen MR) is 99.8 cm³/mol. The molecule has 3 rings (SSSR count). The van der Waals surface area contributed by atoms with Gasteiger partial charge in [0.1, 0.15) is 0 Å². The molecule has 0 unspecified atom stereocenters. The molecule has 124 valence electrons. The Balaban J connectivity index is 2.15. The lowest BCUT2D eigenvalue weighted by atomic mass is 10.1. The zero-order chi connectivity index (χ0) is 16.9. The van der Waals surface area contributed by atoms with Crippen LogP contribution < -0.4 is 0 Å². The topological polar surface area (TPSA) is 30.7 Å². The third kappa shape index (κ3) is 3.20. The molecule has 2 heterocycles. The first-order valence-corrected chi connectivity index (χ1v) is 9.24. The van der Waals surface area contributed by atoms with Crippen molar-refractivity contribution in [2.24, 2.45) is 0 Å². The quantitative estimate of drug-likeness (QED) is 0.595. The standard InChI is InChI=1S/C20H21NO2S/c1-3-23-20(22)16-14-18(21-13-9-8-12-17(16)21)19(24-4-2)15-10-6-5-7-11-15/h5-14,19H,3-4H2,1-2H3/t19-/m0/s1. The van der Waals surface area contributed by atoms with Crippen molar-refractivity contribution in [1.29, 1.82) is 0 Å². The van der Waals surface area contributed by atoms with Crippen molar-refractivity contribution in [3.05, 3.63) is 77.6 Å². The Hall–Kier alpha value is -2.20. The number of aromatic nitrogens is 1. The summed E-state index contributed by atoms with van der Waals surface area (Å²) in [5, 5.41) is 0.175. The molecule has 3 aromatic rings. The van der Waals surface area contributed by atoms with E-state index < -0.39 is 0 Å². The Morgan fingerprint density at radius 2 is 1.88 bits per heavy atom. The first kappa shape index (κ1) is 16.7. The molecule has 0 spiro atoms. The van der Waals surface area contributed by atoms with E-state index in [1.165, 1.54) is 5.56 Å². The highest BCUT2D eigenvalue weighted by molar-refractivity contribution is 7.99. The number of esters is 1. The molecule has 0 amide bonds. The fraction of sp³-hybridized carbons (Fsp3) is 0.250. The number of carbonyl (C=O) groups is 1. The highest BCUT2D eigenvalue weighted by atomic mass is 32.2. The number of carbonyl (C=O) groups excluding carboxylic acids is 1. The van der Waals surface area contributed by atoms with Gasteiger partial charge in [-0.1, -0.05) is 43.3 Å². The SMILES string of the molecule is CCOC(=O)c1cc([C@@H](SCC)c2ccccc2)n2ccccc12. The zero-order valence-corrected chi connectivity index (χ0v) is 14.8. The fourth-order valence-corrected chi connectivity index (χ4v) is 3.94. The Kier molecular flexibility index (Phi) is 5.26. The van der Waals surface area contributed by atoms with Gasteiger partial charge >= 0.3 is 5.97 Å². The zero-order valence-electron chi connectivity index (χ0n) is 13.9. The Labute approximate surface area is 146 Å². The molecule has 0 aliphatic carbocycles. The van der Waals surface area contributed by atoms with Crippen LogP contribution in [0.15, 0.2) is 60.8 Å². The van der Waals surface area contributed by atoms with Crippen LogP contribution >= 0.6 is 11.8 Å². The van der Waals surface area contributed by atoms with Gasteiger partial charge in [0.25, 0.3) is 0 Å². The van der Waals surface area contributed by atoms with E-state index in [1.807, 2.05) is 55.2 Å². The van der Waals surface area contributed by atoms with Gasteiger partial charge in [0.2, 0.25) is 0 Å². The molecule has 0 radical (unpaired) electrons. The summed E-state index contributed by atoms with van der Waals surface area (Å²) in [6, 6.07) is 18.3. The van der Waals surface area contributed by atoms with Gasteiger partial charge in [-0.25, -0.2) is 4.79 Å². The largest absolute Gasteiger partial charge is 0.462 e. The molecule has 0 N–H and O–H groups in total. The summed E-state index contributed by atoms with van der Waals surface area (Å²) in [5.41, 5.74) is 3.86. The van der Waals surface area contributed by atoms with Crippen LogP contribution in [0.4, 0.5) is 0 Å². The number of thioether (sulfide) groups is 1. The van der Waals surface area contributed by atoms with Crippen molar-refractivity contribution >= 4 is 23.2 Å². The second-order valence-electron chi connectivity index (χ2n) is 5.41. The molecule has 4 heteroatoms. The average Bonchev–Trinajstić information content (AvgIpc) is 3.00. The summed E-state index contributed by atoms with van der Waals surface area (Å²) in [6.45, 7) is 4.36. The summed E-state index contributed by atoms with van der Waals surface area (Å²) in [5.74, 6) is 0.731. The van der Waals surface area contributed by atoms with E-state index >= 15 is 0 Å². The van der Waals surface area contributed by atoms with Crippen molar-refractivity contribution in [3.63, 3.8) is 0 Å². The summed E-state index contributed by atoms with van der Waals surface area (Å²) < 4.78 is 7.34. The monoisotopic (exact) mass is 339 g/mol. The smallest absolute Gasteiger partial charge is 0.340 e. The van der Waals surface area contributed by atoms with Crippen molar-refractivity contribution in [3.8, 4) is 0 Å². The van der Waals surface area contributed by atoms with Crippen LogP contribution in [0, 0.1) is 0 Å². The summed E-state index contributed by atoms with van der Waals surface area (Å²) in [6.07, 6.45) is 2.01. The number of rotatable bonds is 6. The van der Waals surface area contributed by atoms with Gasteiger partial charge in [-0.15, -0.1) is 11.8 Å². The maximum atomic E-state index is 12.3. The molecular formula is C20H21NO2S. The van der Waals surface area contributed by atoms with Gasteiger partial charge < -0.3 is 9.14 Å². The third-order valence-corrected chi connectivity index (χ3v) is 5.09. The average molecular weight is 339 g/mol. The van der Waals surface area contributed by atoms with Gasteiger partial charge in [0, 0.05) is 11.9 Å².